The number of nitriles is 1. The summed E-state index contributed by atoms with van der Waals surface area (Å²) < 4.78 is 26.5. The van der Waals surface area contributed by atoms with Crippen LogP contribution in [0.5, 0.6) is 0 Å². The SMILES string of the molecule is N#CC1(C(=O)Nc2c(F)cc(F)cc2Br)CCC1. The minimum atomic E-state index is -1.07. The largest absolute Gasteiger partial charge is 0.321 e. The fourth-order valence-corrected chi connectivity index (χ4v) is 2.32. The number of carbonyl (C=O) groups is 1. The van der Waals surface area contributed by atoms with Crippen LogP contribution in [0.2, 0.25) is 0 Å². The van der Waals surface area contributed by atoms with E-state index >= 15 is 0 Å². The van der Waals surface area contributed by atoms with Gasteiger partial charge in [-0.05, 0) is 41.3 Å². The fraction of sp³-hybridized carbons (Fsp3) is 0.333. The summed E-state index contributed by atoms with van der Waals surface area (Å²) in [6.45, 7) is 0. The molecule has 0 bridgehead atoms. The Morgan fingerprint density at radius 3 is 2.56 bits per heavy atom. The predicted octanol–water partition coefficient (Wildman–Crippen LogP) is 3.36. The molecule has 0 aliphatic heterocycles. The lowest BCUT2D eigenvalue weighted by atomic mass is 9.69. The Balaban J connectivity index is 2.25. The van der Waals surface area contributed by atoms with Gasteiger partial charge in [0, 0.05) is 10.5 Å². The van der Waals surface area contributed by atoms with Crippen molar-refractivity contribution < 1.29 is 13.6 Å². The van der Waals surface area contributed by atoms with E-state index in [1.165, 1.54) is 0 Å². The van der Waals surface area contributed by atoms with Crippen LogP contribution >= 0.6 is 15.9 Å². The Bertz CT molecular complexity index is 526. The van der Waals surface area contributed by atoms with Gasteiger partial charge in [0.15, 0.2) is 5.82 Å². The van der Waals surface area contributed by atoms with Crippen molar-refractivity contribution >= 4 is 27.5 Å². The van der Waals surface area contributed by atoms with E-state index in [1.54, 1.807) is 0 Å². The number of hydrogen-bond donors (Lipinski definition) is 1. The van der Waals surface area contributed by atoms with Crippen molar-refractivity contribution in [1.82, 2.24) is 0 Å². The maximum Gasteiger partial charge on any atom is 0.244 e. The van der Waals surface area contributed by atoms with Gasteiger partial charge in [0.2, 0.25) is 5.91 Å². The van der Waals surface area contributed by atoms with Crippen molar-refractivity contribution in [2.45, 2.75) is 19.3 Å². The van der Waals surface area contributed by atoms with Crippen LogP contribution in [0.15, 0.2) is 16.6 Å². The summed E-state index contributed by atoms with van der Waals surface area (Å²) in [6.07, 6.45) is 1.74. The lowest BCUT2D eigenvalue weighted by Crippen LogP contribution is -2.40. The number of halogens is 3. The molecule has 0 heterocycles. The van der Waals surface area contributed by atoms with Crippen LogP contribution in [0.3, 0.4) is 0 Å². The lowest BCUT2D eigenvalue weighted by molar-refractivity contribution is -0.126. The standard InChI is InChI=1S/C12H9BrF2N2O/c13-8-4-7(14)5-9(15)10(8)17-11(18)12(6-16)2-1-3-12/h4-5H,1-3H2,(H,17,18). The van der Waals surface area contributed by atoms with Gasteiger partial charge in [-0.25, -0.2) is 8.78 Å². The van der Waals surface area contributed by atoms with E-state index in [-0.39, 0.29) is 10.2 Å². The second kappa shape index (κ2) is 4.65. The molecule has 6 heteroatoms. The Labute approximate surface area is 111 Å². The predicted molar refractivity (Wildman–Crippen MR) is 64.6 cm³/mol. The number of anilines is 1. The number of rotatable bonds is 2. The summed E-state index contributed by atoms with van der Waals surface area (Å²) in [7, 11) is 0. The molecule has 1 aromatic carbocycles. The molecule has 0 radical (unpaired) electrons. The Kier molecular flexibility index (Phi) is 3.35. The Morgan fingerprint density at radius 2 is 2.11 bits per heavy atom. The smallest absolute Gasteiger partial charge is 0.244 e. The second-order valence-electron chi connectivity index (χ2n) is 4.25. The molecule has 94 valence electrons. The summed E-state index contributed by atoms with van der Waals surface area (Å²) in [6, 6.07) is 3.70. The summed E-state index contributed by atoms with van der Waals surface area (Å²) in [4.78, 5) is 11.9. The Hall–Kier alpha value is -1.48. The van der Waals surface area contributed by atoms with Crippen LogP contribution in [0.1, 0.15) is 19.3 Å². The van der Waals surface area contributed by atoms with Crippen LogP contribution in [0, 0.1) is 28.4 Å². The molecule has 1 fully saturated rings. The van der Waals surface area contributed by atoms with E-state index < -0.39 is 23.0 Å². The zero-order valence-corrected chi connectivity index (χ0v) is 10.9. The molecular weight excluding hydrogens is 306 g/mol. The first-order valence-corrected chi connectivity index (χ1v) is 6.15. The summed E-state index contributed by atoms with van der Waals surface area (Å²) in [5.41, 5.74) is -1.21. The Morgan fingerprint density at radius 1 is 1.44 bits per heavy atom. The molecule has 0 saturated heterocycles. The van der Waals surface area contributed by atoms with Crippen LogP contribution in [-0.4, -0.2) is 5.91 Å². The highest BCUT2D eigenvalue weighted by Gasteiger charge is 2.45. The molecule has 1 aromatic rings. The number of benzene rings is 1. The topological polar surface area (TPSA) is 52.9 Å². The highest BCUT2D eigenvalue weighted by Crippen LogP contribution is 2.41. The molecular formula is C12H9BrF2N2O. The number of carbonyl (C=O) groups excluding carboxylic acids is 1. The van der Waals surface area contributed by atoms with Crippen LogP contribution < -0.4 is 5.32 Å². The monoisotopic (exact) mass is 314 g/mol. The number of amides is 1. The zero-order chi connectivity index (χ0) is 13.3. The average Bonchev–Trinajstić information content (AvgIpc) is 2.22. The first-order chi connectivity index (χ1) is 8.48. The van der Waals surface area contributed by atoms with E-state index in [1.807, 2.05) is 6.07 Å². The third-order valence-electron chi connectivity index (χ3n) is 3.10. The van der Waals surface area contributed by atoms with Crippen molar-refractivity contribution in [3.63, 3.8) is 0 Å². The molecule has 2 rings (SSSR count). The molecule has 1 aliphatic rings. The van der Waals surface area contributed by atoms with Crippen LogP contribution in [-0.2, 0) is 4.79 Å². The van der Waals surface area contributed by atoms with Gasteiger partial charge in [-0.3, -0.25) is 4.79 Å². The molecule has 0 aromatic heterocycles. The number of nitrogens with zero attached hydrogens (tertiary/aromatic N) is 1. The van der Waals surface area contributed by atoms with Gasteiger partial charge in [-0.2, -0.15) is 5.26 Å². The van der Waals surface area contributed by atoms with Gasteiger partial charge in [-0.15, -0.1) is 0 Å². The maximum atomic E-state index is 13.5. The normalized spacial score (nSPS) is 16.6. The van der Waals surface area contributed by atoms with Crippen molar-refractivity contribution in [2.75, 3.05) is 5.32 Å². The first-order valence-electron chi connectivity index (χ1n) is 5.36. The van der Waals surface area contributed by atoms with Crippen molar-refractivity contribution in [2.24, 2.45) is 5.41 Å². The zero-order valence-electron chi connectivity index (χ0n) is 9.27. The molecule has 1 N–H and O–H groups in total. The van der Waals surface area contributed by atoms with Gasteiger partial charge in [0.1, 0.15) is 11.2 Å². The molecule has 0 unspecified atom stereocenters. The number of hydrogen-bond acceptors (Lipinski definition) is 2. The molecule has 3 nitrogen and oxygen atoms in total. The van der Waals surface area contributed by atoms with Gasteiger partial charge in [0.05, 0.1) is 11.8 Å². The van der Waals surface area contributed by atoms with Crippen molar-refractivity contribution in [1.29, 1.82) is 5.26 Å². The van der Waals surface area contributed by atoms with E-state index in [4.69, 9.17) is 5.26 Å². The van der Waals surface area contributed by atoms with Gasteiger partial charge in [-0.1, -0.05) is 0 Å². The fourth-order valence-electron chi connectivity index (χ4n) is 1.81. The first kappa shape index (κ1) is 13.0. The number of nitrogens with one attached hydrogen (secondary N) is 1. The van der Waals surface area contributed by atoms with E-state index in [9.17, 15) is 13.6 Å². The molecule has 1 amide bonds. The molecule has 1 aliphatic carbocycles. The summed E-state index contributed by atoms with van der Waals surface area (Å²) >= 11 is 2.98. The third kappa shape index (κ3) is 2.10. The van der Waals surface area contributed by atoms with Crippen molar-refractivity contribution in [3.05, 3.63) is 28.2 Å². The van der Waals surface area contributed by atoms with Gasteiger partial charge < -0.3 is 5.32 Å². The lowest BCUT2D eigenvalue weighted by Gasteiger charge is -2.33. The van der Waals surface area contributed by atoms with E-state index in [0.717, 1.165) is 12.5 Å². The van der Waals surface area contributed by atoms with Gasteiger partial charge in [0.25, 0.3) is 0 Å². The molecule has 0 spiro atoms. The van der Waals surface area contributed by atoms with E-state index in [2.05, 4.69) is 21.2 Å². The van der Waals surface area contributed by atoms with E-state index in [0.29, 0.717) is 18.9 Å². The minimum Gasteiger partial charge on any atom is -0.321 e. The average molecular weight is 315 g/mol. The quantitative estimate of drug-likeness (QED) is 0.910. The molecule has 0 atom stereocenters. The minimum absolute atomic E-state index is 0.112. The summed E-state index contributed by atoms with van der Waals surface area (Å²) in [5.74, 6) is -2.15. The van der Waals surface area contributed by atoms with Crippen LogP contribution in [0.4, 0.5) is 14.5 Å². The highest BCUT2D eigenvalue weighted by molar-refractivity contribution is 9.10. The molecule has 18 heavy (non-hydrogen) atoms. The van der Waals surface area contributed by atoms with Gasteiger partial charge >= 0.3 is 0 Å². The van der Waals surface area contributed by atoms with Crippen LogP contribution in [0.25, 0.3) is 0 Å². The third-order valence-corrected chi connectivity index (χ3v) is 3.73. The molecule has 1 saturated carbocycles. The second-order valence-corrected chi connectivity index (χ2v) is 5.10. The summed E-state index contributed by atoms with van der Waals surface area (Å²) in [5, 5.41) is 11.3. The van der Waals surface area contributed by atoms with Crippen molar-refractivity contribution in [3.8, 4) is 6.07 Å². The maximum absolute atomic E-state index is 13.5. The highest BCUT2D eigenvalue weighted by atomic mass is 79.9.